The fourth-order valence-electron chi connectivity index (χ4n) is 5.67. The first-order valence-electron chi connectivity index (χ1n) is 15.1. The predicted molar refractivity (Wildman–Crippen MR) is 178 cm³/mol. The van der Waals surface area contributed by atoms with Crippen LogP contribution in [0.25, 0.3) is 0 Å². The van der Waals surface area contributed by atoms with E-state index in [9.17, 15) is 24.3 Å². The molecule has 0 unspecified atom stereocenters. The largest absolute Gasteiger partial charge is 0.465 e. The Kier molecular flexibility index (Phi) is 9.40. The minimum Gasteiger partial charge on any atom is -0.465 e. The van der Waals surface area contributed by atoms with Gasteiger partial charge in [-0.05, 0) is 83.8 Å². The summed E-state index contributed by atoms with van der Waals surface area (Å²) in [7, 11) is 1.32. The molecule has 3 amide bonds. The van der Waals surface area contributed by atoms with Crippen molar-refractivity contribution in [3.05, 3.63) is 141 Å². The number of carbonyl (C=O) groups excluding carboxylic acids is 4. The molecule has 2 aliphatic rings. The summed E-state index contributed by atoms with van der Waals surface area (Å²) in [6.07, 6.45) is 1.34. The van der Waals surface area contributed by atoms with Gasteiger partial charge in [0, 0.05) is 23.0 Å². The summed E-state index contributed by atoms with van der Waals surface area (Å²) in [6.45, 7) is 1.89. The summed E-state index contributed by atoms with van der Waals surface area (Å²) in [4.78, 5) is 52.8. The number of halogens is 1. The number of hydrogen-bond donors (Lipinski definition) is 2. The topological polar surface area (TPSA) is 131 Å². The molecule has 0 radical (unpaired) electrons. The molecule has 48 heavy (non-hydrogen) atoms. The van der Waals surface area contributed by atoms with Gasteiger partial charge in [-0.15, -0.1) is 0 Å². The van der Waals surface area contributed by atoms with Crippen molar-refractivity contribution in [2.75, 3.05) is 17.3 Å². The molecule has 4 aromatic rings. The van der Waals surface area contributed by atoms with Crippen LogP contribution in [0.2, 0.25) is 5.02 Å². The molecule has 0 saturated carbocycles. The van der Waals surface area contributed by atoms with Gasteiger partial charge in [-0.2, -0.15) is 0 Å². The highest BCUT2D eigenvalue weighted by Crippen LogP contribution is 2.35. The highest BCUT2D eigenvalue weighted by molar-refractivity contribution is 6.37. The quantitative estimate of drug-likeness (QED) is 0.157. The number of anilines is 2. The number of ether oxygens (including phenoxy) is 3. The zero-order valence-corrected chi connectivity index (χ0v) is 26.8. The molecule has 0 aliphatic carbocycles. The van der Waals surface area contributed by atoms with Gasteiger partial charge in [0.25, 0.3) is 17.7 Å². The molecule has 6 rings (SSSR count). The van der Waals surface area contributed by atoms with E-state index in [1.165, 1.54) is 19.2 Å². The van der Waals surface area contributed by atoms with E-state index in [0.29, 0.717) is 33.9 Å². The smallest absolute Gasteiger partial charge is 0.337 e. The molecule has 2 heterocycles. The van der Waals surface area contributed by atoms with Crippen molar-refractivity contribution in [3.8, 4) is 0 Å². The Balaban J connectivity index is 1.21. The third kappa shape index (κ3) is 6.72. The van der Waals surface area contributed by atoms with E-state index in [-0.39, 0.29) is 36.0 Å². The average molecular weight is 667 g/mol. The number of aliphatic hydroxyl groups excluding tert-OH is 1. The number of rotatable bonds is 9. The summed E-state index contributed by atoms with van der Waals surface area (Å²) in [5.74, 6) is -2.13. The summed E-state index contributed by atoms with van der Waals surface area (Å²) in [5, 5.41) is 12.5. The number of nitrogens with zero attached hydrogens (tertiary/aromatic N) is 1. The Labute approximate surface area is 281 Å². The van der Waals surface area contributed by atoms with Gasteiger partial charge >= 0.3 is 5.97 Å². The van der Waals surface area contributed by atoms with Gasteiger partial charge in [0.2, 0.25) is 6.29 Å². The lowest BCUT2D eigenvalue weighted by Crippen LogP contribution is -2.30. The Morgan fingerprint density at radius 2 is 1.65 bits per heavy atom. The van der Waals surface area contributed by atoms with E-state index in [2.05, 4.69) is 5.32 Å². The third-order valence-electron chi connectivity index (χ3n) is 8.23. The fraction of sp³-hybridized carbons (Fsp3) is 0.189. The number of esters is 1. The number of amides is 3. The van der Waals surface area contributed by atoms with Crippen molar-refractivity contribution in [3.63, 3.8) is 0 Å². The first-order chi connectivity index (χ1) is 23.1. The van der Waals surface area contributed by atoms with Crippen LogP contribution in [0.3, 0.4) is 0 Å². The van der Waals surface area contributed by atoms with Gasteiger partial charge in [0.15, 0.2) is 5.76 Å². The van der Waals surface area contributed by atoms with Crippen LogP contribution in [0.1, 0.15) is 65.7 Å². The number of aryl methyl sites for hydroxylation is 1. The normalized spacial score (nSPS) is 17.0. The highest BCUT2D eigenvalue weighted by Gasteiger charge is 2.37. The molecule has 0 bridgehead atoms. The molecule has 0 fully saturated rings. The van der Waals surface area contributed by atoms with Crippen molar-refractivity contribution in [2.45, 2.75) is 38.8 Å². The second kappa shape index (κ2) is 13.8. The first-order valence-corrected chi connectivity index (χ1v) is 15.5. The van der Waals surface area contributed by atoms with Crippen LogP contribution >= 0.6 is 11.6 Å². The number of aliphatic hydroxyl groups is 1. The lowest BCUT2D eigenvalue weighted by Gasteiger charge is -2.29. The lowest BCUT2D eigenvalue weighted by atomic mass is 9.92. The van der Waals surface area contributed by atoms with Crippen molar-refractivity contribution in [1.29, 1.82) is 0 Å². The minimum atomic E-state index is -0.773. The molecular formula is C37H31ClN2O8. The Hall–Kier alpha value is -5.29. The van der Waals surface area contributed by atoms with Gasteiger partial charge in [0.05, 0.1) is 42.7 Å². The number of fused-ring (bicyclic) bond motifs is 1. The average Bonchev–Trinajstić information content (AvgIpc) is 3.35. The zero-order valence-electron chi connectivity index (χ0n) is 26.1. The fourth-order valence-corrected chi connectivity index (χ4v) is 5.85. The molecule has 2 atom stereocenters. The van der Waals surface area contributed by atoms with Crippen LogP contribution in [0.4, 0.5) is 11.4 Å². The zero-order chi connectivity index (χ0) is 33.9. The van der Waals surface area contributed by atoms with E-state index >= 15 is 0 Å². The third-order valence-corrected chi connectivity index (χ3v) is 8.46. The maximum atomic E-state index is 13.6. The van der Waals surface area contributed by atoms with Crippen molar-refractivity contribution in [1.82, 2.24) is 0 Å². The van der Waals surface area contributed by atoms with Crippen LogP contribution in [0.5, 0.6) is 0 Å². The van der Waals surface area contributed by atoms with E-state index in [4.69, 9.17) is 25.8 Å². The molecule has 0 spiro atoms. The van der Waals surface area contributed by atoms with E-state index in [1.54, 1.807) is 61.5 Å². The van der Waals surface area contributed by atoms with Crippen molar-refractivity contribution >= 4 is 46.7 Å². The SMILES string of the molecule is COC(=O)c1ccc([C@@H]2C=C(C(=O)Nc3ccc(N4C(=O)c5ccc(Cl)cc5C4=O)c(C)c3)O[C@H](OCc3ccc(CO)cc3)C2)cc1. The van der Waals surface area contributed by atoms with Crippen LogP contribution < -0.4 is 10.2 Å². The lowest BCUT2D eigenvalue weighted by molar-refractivity contribution is -0.147. The standard InChI is InChI=1S/C37H31ClN2O8/c1-21-15-28(12-14-31(21)40-35(43)29-13-11-27(38)18-30(29)36(40)44)39-34(42)32-16-26(24-7-9-25(10-8-24)37(45)46-2)17-33(48-32)47-20-23-5-3-22(19-41)4-6-23/h3-16,18,26,33,41H,17,19-20H2,1-2H3,(H,39,42)/t26-,33+/m1/s1. The molecule has 244 valence electrons. The van der Waals surface area contributed by atoms with E-state index in [0.717, 1.165) is 21.6 Å². The second-order valence-electron chi connectivity index (χ2n) is 11.4. The number of imide groups is 1. The number of nitrogens with one attached hydrogen (secondary N) is 1. The van der Waals surface area contributed by atoms with E-state index < -0.39 is 30.0 Å². The van der Waals surface area contributed by atoms with Gasteiger partial charge in [-0.25, -0.2) is 9.69 Å². The molecule has 0 aromatic heterocycles. The van der Waals surface area contributed by atoms with Crippen LogP contribution in [-0.4, -0.2) is 42.2 Å². The van der Waals surface area contributed by atoms with Gasteiger partial charge in [-0.1, -0.05) is 48.0 Å². The predicted octanol–water partition coefficient (Wildman–Crippen LogP) is 6.30. The maximum Gasteiger partial charge on any atom is 0.337 e. The summed E-state index contributed by atoms with van der Waals surface area (Å²) in [5.41, 5.74) is 4.81. The number of allylic oxidation sites excluding steroid dienone is 1. The number of carbonyl (C=O) groups is 4. The molecule has 11 heteroatoms. The molecule has 0 saturated heterocycles. The second-order valence-corrected chi connectivity index (χ2v) is 11.8. The molecule has 2 N–H and O–H groups in total. The number of benzene rings is 4. The Bertz CT molecular complexity index is 1940. The summed E-state index contributed by atoms with van der Waals surface area (Å²) in [6, 6.07) is 23.7. The Morgan fingerprint density at radius 3 is 2.33 bits per heavy atom. The maximum absolute atomic E-state index is 13.6. The molecule has 2 aliphatic heterocycles. The summed E-state index contributed by atoms with van der Waals surface area (Å²) >= 11 is 6.06. The van der Waals surface area contributed by atoms with Crippen molar-refractivity contribution < 1.29 is 38.5 Å². The minimum absolute atomic E-state index is 0.0443. The van der Waals surface area contributed by atoms with Gasteiger partial charge in [0.1, 0.15) is 0 Å². The van der Waals surface area contributed by atoms with Crippen LogP contribution in [0, 0.1) is 6.92 Å². The Morgan fingerprint density at radius 1 is 0.938 bits per heavy atom. The van der Waals surface area contributed by atoms with Gasteiger partial charge < -0.3 is 24.6 Å². The number of methoxy groups -OCH3 is 1. The number of hydrogen-bond acceptors (Lipinski definition) is 8. The molecule has 10 nitrogen and oxygen atoms in total. The van der Waals surface area contributed by atoms with Crippen LogP contribution in [-0.2, 0) is 32.2 Å². The van der Waals surface area contributed by atoms with E-state index in [1.807, 2.05) is 24.3 Å². The first kappa shape index (κ1) is 32.6. The summed E-state index contributed by atoms with van der Waals surface area (Å²) < 4.78 is 16.9. The van der Waals surface area contributed by atoms with Gasteiger partial charge in [-0.3, -0.25) is 14.4 Å². The highest BCUT2D eigenvalue weighted by atomic mass is 35.5. The molecular weight excluding hydrogens is 636 g/mol. The monoisotopic (exact) mass is 666 g/mol. The molecule has 4 aromatic carbocycles. The van der Waals surface area contributed by atoms with Crippen LogP contribution in [0.15, 0.2) is 96.8 Å². The van der Waals surface area contributed by atoms with Crippen molar-refractivity contribution in [2.24, 2.45) is 0 Å².